The van der Waals surface area contributed by atoms with Crippen molar-refractivity contribution in [2.75, 3.05) is 6.61 Å². The molecule has 0 amide bonds. The van der Waals surface area contributed by atoms with Gasteiger partial charge in [0.15, 0.2) is 0 Å². The van der Waals surface area contributed by atoms with Gasteiger partial charge in [-0.25, -0.2) is 0 Å². The molecule has 0 aromatic heterocycles. The van der Waals surface area contributed by atoms with E-state index < -0.39 is 0 Å². The van der Waals surface area contributed by atoms with Gasteiger partial charge in [-0.3, -0.25) is 0 Å². The first-order valence-electron chi connectivity index (χ1n) is 4.72. The molecule has 0 unspecified atom stereocenters. The van der Waals surface area contributed by atoms with Gasteiger partial charge in [0.2, 0.25) is 0 Å². The van der Waals surface area contributed by atoms with Gasteiger partial charge in [0.1, 0.15) is 5.75 Å². The minimum Gasteiger partial charge on any atom is -0.494 e. The first kappa shape index (κ1) is 7.41. The lowest BCUT2D eigenvalue weighted by Gasteiger charge is -2.03. The molecule has 1 aromatic rings. The lowest BCUT2D eigenvalue weighted by molar-refractivity contribution is 0.317. The van der Waals surface area contributed by atoms with Crippen molar-refractivity contribution in [2.24, 2.45) is 0 Å². The van der Waals surface area contributed by atoms with E-state index in [2.05, 4.69) is 6.58 Å². The molecule has 0 radical (unpaired) electrons. The van der Waals surface area contributed by atoms with Crippen molar-refractivity contribution in [3.63, 3.8) is 0 Å². The zero-order valence-electron chi connectivity index (χ0n) is 8.12. The summed E-state index contributed by atoms with van der Waals surface area (Å²) >= 11 is 0. The van der Waals surface area contributed by atoms with Gasteiger partial charge >= 0.3 is 0 Å². The van der Waals surface area contributed by atoms with Crippen LogP contribution in [0.4, 0.5) is 0 Å². The Bertz CT molecular complexity index is 253. The van der Waals surface area contributed by atoms with Gasteiger partial charge in [0, 0.05) is 1.37 Å². The molecule has 0 atom stereocenters. The molecule has 0 aliphatic carbocycles. The lowest BCUT2D eigenvalue weighted by Crippen LogP contribution is -1.94. The van der Waals surface area contributed by atoms with E-state index in [1.54, 1.807) is 6.08 Å². The van der Waals surface area contributed by atoms with Crippen molar-refractivity contribution in [1.82, 2.24) is 0 Å². The van der Waals surface area contributed by atoms with E-state index in [1.165, 1.54) is 0 Å². The number of benzene rings is 1. The Morgan fingerprint density at radius 3 is 2.83 bits per heavy atom. The Balaban J connectivity index is 2.44. The molecule has 0 N–H and O–H groups in total. The first-order valence-corrected chi connectivity index (χ1v) is 4.01. The van der Waals surface area contributed by atoms with E-state index >= 15 is 0 Å². The number of hydrogen-bond acceptors (Lipinski definition) is 1. The molecular weight excluding hydrogens is 148 g/mol. The Morgan fingerprint density at radius 1 is 1.50 bits per heavy atom. The Hall–Kier alpha value is -1.24. The Morgan fingerprint density at radius 2 is 2.25 bits per heavy atom. The van der Waals surface area contributed by atoms with Crippen molar-refractivity contribution >= 4 is 6.08 Å². The maximum atomic E-state index is 6.94. The van der Waals surface area contributed by atoms with Gasteiger partial charge in [-0.05, 0) is 24.1 Å². The van der Waals surface area contributed by atoms with Crippen LogP contribution in [-0.2, 0) is 0 Å². The zero-order valence-corrected chi connectivity index (χ0v) is 7.12. The molecule has 0 spiro atoms. The summed E-state index contributed by atoms with van der Waals surface area (Å²) in [4.78, 5) is 0. The van der Waals surface area contributed by atoms with Crippen molar-refractivity contribution in [3.05, 3.63) is 36.4 Å². The normalized spacial score (nSPS) is 10.5. The monoisotopic (exact) mass is 164 g/mol. The van der Waals surface area contributed by atoms with Gasteiger partial charge in [-0.1, -0.05) is 31.7 Å². The second-order valence-electron chi connectivity index (χ2n) is 2.48. The molecule has 0 aliphatic rings. The number of ether oxygens (including phenoxy) is 1. The van der Waals surface area contributed by atoms with Crippen LogP contribution in [-0.4, -0.2) is 6.61 Å². The molecule has 1 heteroatoms. The third kappa shape index (κ3) is 2.42. The van der Waals surface area contributed by atoms with Crippen molar-refractivity contribution < 1.29 is 6.11 Å². The van der Waals surface area contributed by atoms with E-state index in [0.717, 1.165) is 17.7 Å². The lowest BCUT2D eigenvalue weighted by atomic mass is 10.2. The minimum atomic E-state index is 0.421. The fourth-order valence-corrected chi connectivity index (χ4v) is 0.890. The molecule has 64 valence electrons. The summed E-state index contributed by atoms with van der Waals surface area (Å²) < 4.78 is 12.3. The van der Waals surface area contributed by atoms with Crippen LogP contribution < -0.4 is 4.74 Å². The summed E-state index contributed by atoms with van der Waals surface area (Å²) in [6.45, 7) is 4.71. The van der Waals surface area contributed by atoms with Crippen LogP contribution in [0.15, 0.2) is 30.8 Å². The highest BCUT2D eigenvalue weighted by Crippen LogP contribution is 2.12. The molecule has 0 fully saturated rings. The summed E-state index contributed by atoms with van der Waals surface area (Å²) in [5.74, 6) is 0.860. The van der Waals surface area contributed by atoms with Crippen LogP contribution in [0.25, 0.3) is 6.08 Å². The molecule has 0 saturated heterocycles. The van der Waals surface area contributed by atoms with Gasteiger partial charge in [0.25, 0.3) is 0 Å². The average molecular weight is 164 g/mol. The second-order valence-corrected chi connectivity index (χ2v) is 2.48. The van der Waals surface area contributed by atoms with Crippen LogP contribution in [0.5, 0.6) is 5.75 Å². The van der Waals surface area contributed by atoms with E-state index in [4.69, 9.17) is 6.11 Å². The van der Waals surface area contributed by atoms with Gasteiger partial charge < -0.3 is 4.74 Å². The third-order valence-electron chi connectivity index (χ3n) is 1.53. The summed E-state index contributed by atoms with van der Waals surface area (Å²) in [5.41, 5.74) is 1.09. The highest BCUT2D eigenvalue weighted by molar-refractivity contribution is 5.48. The molecule has 1 aromatic carbocycles. The van der Waals surface area contributed by atoms with E-state index in [0.29, 0.717) is 13.5 Å². The van der Waals surface area contributed by atoms with Crippen LogP contribution in [0.1, 0.15) is 20.3 Å². The highest BCUT2D eigenvalue weighted by Gasteiger charge is 1.90. The fraction of sp³-hybridized carbons (Fsp3) is 0.273. The minimum absolute atomic E-state index is 0.421. The highest BCUT2D eigenvalue weighted by atomic mass is 16.5. The van der Waals surface area contributed by atoms with Crippen LogP contribution in [0, 0.1) is 0 Å². The second kappa shape index (κ2) is 4.60. The zero-order chi connectivity index (χ0) is 9.52. The Kier molecular flexibility index (Phi) is 2.84. The van der Waals surface area contributed by atoms with E-state index in [1.807, 2.05) is 24.3 Å². The molecule has 1 nitrogen and oxygen atoms in total. The van der Waals surface area contributed by atoms with Gasteiger partial charge in [0.05, 0.1) is 6.61 Å². The number of rotatable bonds is 4. The van der Waals surface area contributed by atoms with Crippen LogP contribution in [0.3, 0.4) is 0 Å². The summed E-state index contributed by atoms with van der Waals surface area (Å²) in [5, 5.41) is 0. The van der Waals surface area contributed by atoms with Crippen LogP contribution >= 0.6 is 0 Å². The predicted octanol–water partition coefficient (Wildman–Crippen LogP) is 3.12. The van der Waals surface area contributed by atoms with E-state index in [9.17, 15) is 0 Å². The fourth-order valence-electron chi connectivity index (χ4n) is 0.890. The molecule has 0 bridgehead atoms. The Labute approximate surface area is 75.1 Å². The molecular formula is C11H14O. The standard InChI is InChI=1S/C11H14O/c1-3-9-12-11-7-5-10(4-2)6-8-11/h4-8H,2-3,9H2,1H3/i1T. The summed E-state index contributed by atoms with van der Waals surface area (Å²) in [6.07, 6.45) is 2.58. The van der Waals surface area contributed by atoms with Crippen molar-refractivity contribution in [2.45, 2.75) is 13.3 Å². The average Bonchev–Trinajstić information content (AvgIpc) is 2.19. The van der Waals surface area contributed by atoms with E-state index in [-0.39, 0.29) is 0 Å². The maximum absolute atomic E-state index is 6.94. The largest absolute Gasteiger partial charge is 0.494 e. The predicted molar refractivity (Wildman–Crippen MR) is 52.3 cm³/mol. The van der Waals surface area contributed by atoms with Crippen molar-refractivity contribution in [3.8, 4) is 5.75 Å². The van der Waals surface area contributed by atoms with Crippen molar-refractivity contribution in [1.29, 1.82) is 0 Å². The quantitative estimate of drug-likeness (QED) is 0.621. The van der Waals surface area contributed by atoms with Gasteiger partial charge in [-0.2, -0.15) is 0 Å². The third-order valence-corrected chi connectivity index (χ3v) is 1.53. The molecule has 0 saturated carbocycles. The van der Waals surface area contributed by atoms with Gasteiger partial charge in [-0.15, -0.1) is 0 Å². The molecule has 0 heterocycles. The molecule has 1 rings (SSSR count). The summed E-state index contributed by atoms with van der Waals surface area (Å²) in [7, 11) is 0. The van der Waals surface area contributed by atoms with Crippen LogP contribution in [0.2, 0.25) is 0 Å². The number of hydrogen-bond donors (Lipinski definition) is 0. The summed E-state index contributed by atoms with van der Waals surface area (Å²) in [6, 6.07) is 7.76. The first-order chi connectivity index (χ1) is 6.36. The maximum Gasteiger partial charge on any atom is 0.119 e. The topological polar surface area (TPSA) is 9.23 Å². The molecule has 0 aliphatic heterocycles. The molecule has 12 heavy (non-hydrogen) atoms. The SMILES string of the molecule is [3H]CCCOc1ccc(C=C)cc1. The smallest absolute Gasteiger partial charge is 0.119 e.